The van der Waals surface area contributed by atoms with Crippen LogP contribution in [0.3, 0.4) is 0 Å². The van der Waals surface area contributed by atoms with Crippen molar-refractivity contribution >= 4 is 6.08 Å². The lowest BCUT2D eigenvalue weighted by atomic mass is 9.82. The summed E-state index contributed by atoms with van der Waals surface area (Å²) in [5.74, 6) is 0. The molecular weight excluding hydrogens is 322 g/mol. The predicted molar refractivity (Wildman–Crippen MR) is 110 cm³/mol. The van der Waals surface area contributed by atoms with Gasteiger partial charge in [-0.05, 0) is 78.9 Å². The Labute approximate surface area is 160 Å². The van der Waals surface area contributed by atoms with E-state index in [9.17, 15) is 0 Å². The summed E-state index contributed by atoms with van der Waals surface area (Å²) in [5.41, 5.74) is 2.06. The molecule has 1 heterocycles. The van der Waals surface area contributed by atoms with E-state index in [0.717, 1.165) is 24.0 Å². The summed E-state index contributed by atoms with van der Waals surface area (Å²) >= 11 is 0. The molecule has 2 rings (SSSR count). The smallest absolute Gasteiger partial charge is 0.128 e. The van der Waals surface area contributed by atoms with Crippen molar-refractivity contribution in [1.29, 1.82) is 0 Å². The van der Waals surface area contributed by atoms with Crippen LogP contribution in [0.4, 0.5) is 0 Å². The molecule has 1 fully saturated rings. The van der Waals surface area contributed by atoms with Gasteiger partial charge in [-0.15, -0.1) is 0 Å². The summed E-state index contributed by atoms with van der Waals surface area (Å²) in [6, 6.07) is 8.42. The average molecular weight is 360 g/mol. The van der Waals surface area contributed by atoms with Crippen molar-refractivity contribution in [2.24, 2.45) is 0 Å². The van der Waals surface area contributed by atoms with Gasteiger partial charge in [0, 0.05) is 11.1 Å². The molecule has 0 N–H and O–H groups in total. The minimum absolute atomic E-state index is 0.00277. The lowest BCUT2D eigenvalue weighted by molar-refractivity contribution is -0.315. The van der Waals surface area contributed by atoms with E-state index < -0.39 is 0 Å². The van der Waals surface area contributed by atoms with Crippen LogP contribution in [-0.2, 0) is 9.57 Å². The molecule has 1 aliphatic heterocycles. The van der Waals surface area contributed by atoms with Crippen molar-refractivity contribution < 1.29 is 9.57 Å². The Morgan fingerprint density at radius 3 is 2.08 bits per heavy atom. The molecule has 0 aromatic heterocycles. The zero-order chi connectivity index (χ0) is 19.6. The Morgan fingerprint density at radius 1 is 1.08 bits per heavy atom. The van der Waals surface area contributed by atoms with Gasteiger partial charge < -0.3 is 4.74 Å². The van der Waals surface area contributed by atoms with Gasteiger partial charge in [-0.3, -0.25) is 4.84 Å². The Morgan fingerprint density at radius 2 is 1.62 bits per heavy atom. The van der Waals surface area contributed by atoms with E-state index in [1.54, 1.807) is 0 Å². The summed E-state index contributed by atoms with van der Waals surface area (Å²) in [5, 5.41) is 2.22. The quantitative estimate of drug-likeness (QED) is 0.607. The molecule has 3 heteroatoms. The summed E-state index contributed by atoms with van der Waals surface area (Å²) in [6.45, 7) is 19.7. The van der Waals surface area contributed by atoms with E-state index >= 15 is 0 Å². The van der Waals surface area contributed by atoms with Gasteiger partial charge in [0.2, 0.25) is 0 Å². The Bertz CT molecular complexity index is 580. The highest BCUT2D eigenvalue weighted by Crippen LogP contribution is 2.40. The van der Waals surface area contributed by atoms with Gasteiger partial charge in [0.15, 0.2) is 0 Å². The van der Waals surface area contributed by atoms with E-state index in [0.29, 0.717) is 6.61 Å². The van der Waals surface area contributed by atoms with Crippen molar-refractivity contribution in [2.75, 3.05) is 6.61 Å². The van der Waals surface area contributed by atoms with E-state index in [2.05, 4.69) is 84.4 Å². The van der Waals surface area contributed by atoms with Crippen molar-refractivity contribution in [3.05, 3.63) is 42.0 Å². The lowest BCUT2D eigenvalue weighted by Crippen LogP contribution is -2.58. The molecule has 26 heavy (non-hydrogen) atoms. The number of rotatable bonds is 6. The molecular formula is C23H37NO2. The summed E-state index contributed by atoms with van der Waals surface area (Å²) in [7, 11) is 0. The molecule has 3 nitrogen and oxygen atoms in total. The molecule has 1 atom stereocenters. The molecule has 0 bridgehead atoms. The number of hydrogen-bond acceptors (Lipinski definition) is 3. The standard InChI is InChI=1S/C23H37NO2/c1-9-18-11-13-19(14-12-18)20(17-25-21(2,3)4)26-24-22(5,6)15-10-16-23(24,7)8/h9,11-14,20H,1,10,15-17H2,2-8H3. The maximum Gasteiger partial charge on any atom is 0.128 e. The van der Waals surface area contributed by atoms with Crippen molar-refractivity contribution in [2.45, 2.75) is 90.5 Å². The number of hydroxylamine groups is 2. The SMILES string of the molecule is C=Cc1ccc(C(COC(C)(C)C)ON2C(C)(C)CCCC2(C)C)cc1. The molecule has 0 aliphatic carbocycles. The third-order valence-electron chi connectivity index (χ3n) is 5.12. The third kappa shape index (κ3) is 5.42. The van der Waals surface area contributed by atoms with Crippen LogP contribution >= 0.6 is 0 Å². The molecule has 146 valence electrons. The highest BCUT2D eigenvalue weighted by Gasteiger charge is 2.43. The largest absolute Gasteiger partial charge is 0.373 e. The summed E-state index contributed by atoms with van der Waals surface area (Å²) in [6.07, 6.45) is 5.24. The lowest BCUT2D eigenvalue weighted by Gasteiger charge is -2.52. The van der Waals surface area contributed by atoms with Crippen LogP contribution in [-0.4, -0.2) is 28.3 Å². The van der Waals surface area contributed by atoms with Crippen LogP contribution < -0.4 is 0 Å². The fourth-order valence-corrected chi connectivity index (χ4v) is 3.75. The van der Waals surface area contributed by atoms with Crippen molar-refractivity contribution in [3.8, 4) is 0 Å². The average Bonchev–Trinajstić information content (AvgIpc) is 2.52. The fraction of sp³-hybridized carbons (Fsp3) is 0.652. The monoisotopic (exact) mass is 359 g/mol. The molecule has 0 spiro atoms. The van der Waals surface area contributed by atoms with Gasteiger partial charge >= 0.3 is 0 Å². The van der Waals surface area contributed by atoms with E-state index in [1.165, 1.54) is 6.42 Å². The van der Waals surface area contributed by atoms with Gasteiger partial charge in [0.1, 0.15) is 6.10 Å². The minimum Gasteiger partial charge on any atom is -0.373 e. The molecule has 0 saturated carbocycles. The van der Waals surface area contributed by atoms with Crippen LogP contribution in [0.15, 0.2) is 30.8 Å². The van der Waals surface area contributed by atoms with Gasteiger partial charge in [-0.1, -0.05) is 36.9 Å². The summed E-state index contributed by atoms with van der Waals surface area (Å²) < 4.78 is 6.11. The first kappa shape index (κ1) is 21.1. The normalized spacial score (nSPS) is 21.3. The Balaban J connectivity index is 2.28. The van der Waals surface area contributed by atoms with Crippen molar-refractivity contribution in [1.82, 2.24) is 5.06 Å². The molecule has 0 amide bonds. The van der Waals surface area contributed by atoms with Crippen LogP contribution in [0.25, 0.3) is 6.08 Å². The Kier molecular flexibility index (Phi) is 6.37. The minimum atomic E-state index is -0.199. The van der Waals surface area contributed by atoms with Crippen LogP contribution in [0.2, 0.25) is 0 Å². The van der Waals surface area contributed by atoms with Crippen LogP contribution in [0, 0.1) is 0 Å². The predicted octanol–water partition coefficient (Wildman–Crippen LogP) is 6.16. The topological polar surface area (TPSA) is 21.7 Å². The second kappa shape index (κ2) is 7.84. The number of benzene rings is 1. The molecule has 1 unspecified atom stereocenters. The second-order valence-corrected chi connectivity index (χ2v) is 9.66. The number of hydrogen-bond donors (Lipinski definition) is 0. The Hall–Kier alpha value is -1.16. The van der Waals surface area contributed by atoms with Gasteiger partial charge in [0.05, 0.1) is 12.2 Å². The van der Waals surface area contributed by atoms with Crippen LogP contribution in [0.1, 0.15) is 85.0 Å². The van der Waals surface area contributed by atoms with Gasteiger partial charge in [-0.25, -0.2) is 0 Å². The fourth-order valence-electron chi connectivity index (χ4n) is 3.75. The first-order chi connectivity index (χ1) is 11.9. The second-order valence-electron chi connectivity index (χ2n) is 9.66. The maximum absolute atomic E-state index is 6.66. The third-order valence-corrected chi connectivity index (χ3v) is 5.12. The maximum atomic E-state index is 6.66. The highest BCUT2D eigenvalue weighted by molar-refractivity contribution is 5.47. The molecule has 1 aromatic rings. The highest BCUT2D eigenvalue weighted by atomic mass is 16.7. The number of ether oxygens (including phenoxy) is 1. The zero-order valence-electron chi connectivity index (χ0n) is 17.8. The van der Waals surface area contributed by atoms with Crippen molar-refractivity contribution in [3.63, 3.8) is 0 Å². The van der Waals surface area contributed by atoms with Gasteiger partial charge in [0.25, 0.3) is 0 Å². The van der Waals surface area contributed by atoms with Gasteiger partial charge in [-0.2, -0.15) is 5.06 Å². The summed E-state index contributed by atoms with van der Waals surface area (Å²) in [4.78, 5) is 6.66. The van der Waals surface area contributed by atoms with E-state index in [4.69, 9.17) is 9.57 Å². The molecule has 0 radical (unpaired) electrons. The first-order valence-corrected chi connectivity index (χ1v) is 9.78. The first-order valence-electron chi connectivity index (χ1n) is 9.78. The zero-order valence-corrected chi connectivity index (χ0v) is 17.8. The number of nitrogens with zero attached hydrogens (tertiary/aromatic N) is 1. The molecule has 1 aromatic carbocycles. The van der Waals surface area contributed by atoms with Crippen LogP contribution in [0.5, 0.6) is 0 Å². The number of piperidine rings is 1. The van der Waals surface area contributed by atoms with E-state index in [1.807, 2.05) is 6.08 Å². The van der Waals surface area contributed by atoms with E-state index in [-0.39, 0.29) is 22.8 Å². The molecule has 1 aliphatic rings. The molecule has 1 saturated heterocycles.